The first-order valence-corrected chi connectivity index (χ1v) is 5.09. The highest BCUT2D eigenvalue weighted by molar-refractivity contribution is 5.42. The zero-order valence-corrected chi connectivity index (χ0v) is 9.81. The molecule has 0 aliphatic rings. The van der Waals surface area contributed by atoms with Gasteiger partial charge in [0.15, 0.2) is 0 Å². The van der Waals surface area contributed by atoms with Crippen LogP contribution >= 0.6 is 0 Å². The number of phenols is 1. The molecule has 0 unspecified atom stereocenters. The molecule has 14 heavy (non-hydrogen) atoms. The van der Waals surface area contributed by atoms with Crippen LogP contribution in [0.25, 0.3) is 0 Å². The summed E-state index contributed by atoms with van der Waals surface area (Å²) in [6.07, 6.45) is 1.05. The molecule has 1 aromatic rings. The highest BCUT2D eigenvalue weighted by atomic mass is 16.3. The molecule has 0 saturated heterocycles. The highest BCUT2D eigenvalue weighted by Gasteiger charge is 2.12. The maximum absolute atomic E-state index is 9.63. The molecule has 1 aromatic carbocycles. The summed E-state index contributed by atoms with van der Waals surface area (Å²) in [5, 5.41) is 9.63. The van der Waals surface area contributed by atoms with E-state index >= 15 is 0 Å². The zero-order valence-electron chi connectivity index (χ0n) is 9.81. The first-order chi connectivity index (χ1) is 6.29. The lowest BCUT2D eigenvalue weighted by molar-refractivity contribution is 0.410. The molecule has 0 aliphatic heterocycles. The molecule has 0 fully saturated rings. The average molecular weight is 192 g/mol. The van der Waals surface area contributed by atoms with E-state index in [1.54, 1.807) is 0 Å². The van der Waals surface area contributed by atoms with Gasteiger partial charge in [-0.1, -0.05) is 32.9 Å². The quantitative estimate of drug-likeness (QED) is 0.720. The fraction of sp³-hybridized carbons (Fsp3) is 0.538. The smallest absolute Gasteiger partial charge is 0.121 e. The van der Waals surface area contributed by atoms with Gasteiger partial charge >= 0.3 is 0 Å². The molecule has 0 aromatic heterocycles. The van der Waals surface area contributed by atoms with Gasteiger partial charge in [-0.3, -0.25) is 0 Å². The summed E-state index contributed by atoms with van der Waals surface area (Å²) in [6, 6.07) is 4.15. The Labute approximate surface area is 86.8 Å². The van der Waals surface area contributed by atoms with Crippen molar-refractivity contribution in [1.82, 2.24) is 0 Å². The Morgan fingerprint density at radius 1 is 1.07 bits per heavy atom. The monoisotopic (exact) mass is 192 g/mol. The molecule has 0 heterocycles. The molecule has 0 spiro atoms. The Bertz CT molecular complexity index is 309. The molecule has 0 aliphatic carbocycles. The summed E-state index contributed by atoms with van der Waals surface area (Å²) in [7, 11) is 0. The van der Waals surface area contributed by atoms with Gasteiger partial charge in [0.05, 0.1) is 0 Å². The van der Waals surface area contributed by atoms with Crippen molar-refractivity contribution in [2.45, 2.75) is 41.0 Å². The Hall–Kier alpha value is -0.980. The number of hydrogen-bond acceptors (Lipinski definition) is 1. The van der Waals surface area contributed by atoms with Gasteiger partial charge in [0.2, 0.25) is 0 Å². The van der Waals surface area contributed by atoms with Crippen LogP contribution < -0.4 is 0 Å². The third kappa shape index (κ3) is 2.76. The largest absolute Gasteiger partial charge is 0.507 e. The van der Waals surface area contributed by atoms with Gasteiger partial charge < -0.3 is 5.11 Å². The van der Waals surface area contributed by atoms with Crippen LogP contribution in [0.1, 0.15) is 37.5 Å². The normalized spacial score (nSPS) is 11.8. The van der Waals surface area contributed by atoms with E-state index < -0.39 is 0 Å². The second-order valence-corrected chi connectivity index (χ2v) is 5.32. The summed E-state index contributed by atoms with van der Waals surface area (Å²) in [5.74, 6) is 0.433. The van der Waals surface area contributed by atoms with Crippen LogP contribution in [-0.4, -0.2) is 5.11 Å². The SMILES string of the molecule is Cc1cc(CC(C)(C)C)cc(C)c1O. The second kappa shape index (κ2) is 3.64. The topological polar surface area (TPSA) is 20.2 Å². The minimum atomic E-state index is 0.301. The predicted molar refractivity (Wildman–Crippen MR) is 60.7 cm³/mol. The van der Waals surface area contributed by atoms with E-state index in [1.807, 2.05) is 13.8 Å². The predicted octanol–water partition coefficient (Wildman–Crippen LogP) is 3.60. The van der Waals surface area contributed by atoms with Crippen LogP contribution in [0, 0.1) is 19.3 Å². The molecule has 0 radical (unpaired) electrons. The standard InChI is InChI=1S/C13H20O/c1-9-6-11(8-13(3,4)5)7-10(2)12(9)14/h6-7,14H,8H2,1-5H3. The Morgan fingerprint density at radius 2 is 1.50 bits per heavy atom. The lowest BCUT2D eigenvalue weighted by atomic mass is 9.87. The lowest BCUT2D eigenvalue weighted by Crippen LogP contribution is -2.09. The van der Waals surface area contributed by atoms with Crippen molar-refractivity contribution in [1.29, 1.82) is 0 Å². The van der Waals surface area contributed by atoms with Crippen molar-refractivity contribution in [2.24, 2.45) is 5.41 Å². The van der Waals surface area contributed by atoms with Gasteiger partial charge in [0.1, 0.15) is 5.75 Å². The molecule has 0 saturated carbocycles. The third-order valence-corrected chi connectivity index (χ3v) is 2.29. The van der Waals surface area contributed by atoms with E-state index in [-0.39, 0.29) is 0 Å². The minimum Gasteiger partial charge on any atom is -0.507 e. The fourth-order valence-corrected chi connectivity index (χ4v) is 1.76. The van der Waals surface area contributed by atoms with E-state index in [4.69, 9.17) is 0 Å². The molecule has 0 bridgehead atoms. The van der Waals surface area contributed by atoms with Gasteiger partial charge in [0, 0.05) is 0 Å². The number of benzene rings is 1. The number of aryl methyl sites for hydroxylation is 2. The average Bonchev–Trinajstić information content (AvgIpc) is 1.96. The van der Waals surface area contributed by atoms with Crippen molar-refractivity contribution in [2.75, 3.05) is 0 Å². The Morgan fingerprint density at radius 3 is 1.86 bits per heavy atom. The van der Waals surface area contributed by atoms with Crippen LogP contribution in [0.3, 0.4) is 0 Å². The van der Waals surface area contributed by atoms with Crippen molar-refractivity contribution >= 4 is 0 Å². The second-order valence-electron chi connectivity index (χ2n) is 5.32. The van der Waals surface area contributed by atoms with E-state index in [2.05, 4.69) is 32.9 Å². The van der Waals surface area contributed by atoms with Crippen LogP contribution in [0.5, 0.6) is 5.75 Å². The maximum Gasteiger partial charge on any atom is 0.121 e. The van der Waals surface area contributed by atoms with Crippen molar-refractivity contribution < 1.29 is 5.11 Å². The molecule has 1 rings (SSSR count). The number of aromatic hydroxyl groups is 1. The Balaban J connectivity index is 3.02. The molecule has 1 N–H and O–H groups in total. The van der Waals surface area contributed by atoms with Crippen LogP contribution in [0.15, 0.2) is 12.1 Å². The van der Waals surface area contributed by atoms with Crippen molar-refractivity contribution in [3.8, 4) is 5.75 Å². The summed E-state index contributed by atoms with van der Waals surface area (Å²) in [6.45, 7) is 10.6. The molecule has 1 heteroatoms. The maximum atomic E-state index is 9.63. The zero-order chi connectivity index (χ0) is 10.9. The van der Waals surface area contributed by atoms with E-state index in [1.165, 1.54) is 5.56 Å². The van der Waals surface area contributed by atoms with Gasteiger partial charge in [-0.25, -0.2) is 0 Å². The molecular weight excluding hydrogens is 172 g/mol. The van der Waals surface area contributed by atoms with Crippen LogP contribution in [0.2, 0.25) is 0 Å². The van der Waals surface area contributed by atoms with Gasteiger partial charge in [0.25, 0.3) is 0 Å². The molecule has 78 valence electrons. The van der Waals surface area contributed by atoms with E-state index in [9.17, 15) is 5.11 Å². The van der Waals surface area contributed by atoms with Crippen LogP contribution in [0.4, 0.5) is 0 Å². The van der Waals surface area contributed by atoms with Crippen LogP contribution in [-0.2, 0) is 6.42 Å². The van der Waals surface area contributed by atoms with Crippen molar-refractivity contribution in [3.05, 3.63) is 28.8 Å². The summed E-state index contributed by atoms with van der Waals surface area (Å²) in [4.78, 5) is 0. The highest BCUT2D eigenvalue weighted by Crippen LogP contribution is 2.27. The minimum absolute atomic E-state index is 0.301. The molecule has 0 atom stereocenters. The fourth-order valence-electron chi connectivity index (χ4n) is 1.76. The Kier molecular flexibility index (Phi) is 2.89. The van der Waals surface area contributed by atoms with Crippen molar-refractivity contribution in [3.63, 3.8) is 0 Å². The van der Waals surface area contributed by atoms with Gasteiger partial charge in [-0.15, -0.1) is 0 Å². The molecule has 0 amide bonds. The lowest BCUT2D eigenvalue weighted by Gasteiger charge is -2.19. The first-order valence-electron chi connectivity index (χ1n) is 5.09. The molecular formula is C13H20O. The number of rotatable bonds is 1. The third-order valence-electron chi connectivity index (χ3n) is 2.29. The first kappa shape index (κ1) is 11.1. The summed E-state index contributed by atoms with van der Waals surface area (Å²) in [5.41, 5.74) is 3.56. The summed E-state index contributed by atoms with van der Waals surface area (Å²) < 4.78 is 0. The summed E-state index contributed by atoms with van der Waals surface area (Å²) >= 11 is 0. The van der Waals surface area contributed by atoms with Gasteiger partial charge in [-0.05, 0) is 42.4 Å². The molecule has 1 nitrogen and oxygen atoms in total. The van der Waals surface area contributed by atoms with E-state index in [0.717, 1.165) is 17.5 Å². The van der Waals surface area contributed by atoms with E-state index in [0.29, 0.717) is 11.2 Å². The van der Waals surface area contributed by atoms with Gasteiger partial charge in [-0.2, -0.15) is 0 Å². The number of hydrogen-bond donors (Lipinski definition) is 1. The number of phenolic OH excluding ortho intramolecular Hbond substituents is 1.